The summed E-state index contributed by atoms with van der Waals surface area (Å²) in [6, 6.07) is 2.13. The molecule has 1 aliphatic rings. The molecule has 124 valence electrons. The van der Waals surface area contributed by atoms with Crippen molar-refractivity contribution in [2.45, 2.75) is 39.3 Å². The Bertz CT molecular complexity index is 682. The molecule has 0 aromatic carbocycles. The quantitative estimate of drug-likeness (QED) is 0.928. The molecular formula is C16H23N5O2. The largest absolute Gasteiger partial charge is 0.466 e. The van der Waals surface area contributed by atoms with Gasteiger partial charge in [0.05, 0.1) is 23.5 Å². The van der Waals surface area contributed by atoms with Crippen LogP contribution in [0.2, 0.25) is 0 Å². The lowest BCUT2D eigenvalue weighted by Gasteiger charge is -2.31. The molecule has 1 saturated heterocycles. The molecule has 23 heavy (non-hydrogen) atoms. The Balaban J connectivity index is 1.61. The highest BCUT2D eigenvalue weighted by molar-refractivity contribution is 5.95. The maximum absolute atomic E-state index is 12.6. The van der Waals surface area contributed by atoms with Crippen LogP contribution in [0.3, 0.4) is 0 Å². The maximum Gasteiger partial charge on any atom is 0.257 e. The Morgan fingerprint density at radius 2 is 2.13 bits per heavy atom. The lowest BCUT2D eigenvalue weighted by Crippen LogP contribution is -2.39. The summed E-state index contributed by atoms with van der Waals surface area (Å²) in [5.41, 5.74) is 1.62. The van der Waals surface area contributed by atoms with E-state index in [1.807, 2.05) is 42.7 Å². The molecule has 1 aliphatic heterocycles. The van der Waals surface area contributed by atoms with Crippen molar-refractivity contribution in [3.8, 4) is 0 Å². The predicted octanol–water partition coefficient (Wildman–Crippen LogP) is 1.68. The minimum Gasteiger partial charge on any atom is -0.466 e. The van der Waals surface area contributed by atoms with Crippen LogP contribution in [0, 0.1) is 13.8 Å². The van der Waals surface area contributed by atoms with Crippen molar-refractivity contribution in [3.63, 3.8) is 0 Å². The van der Waals surface area contributed by atoms with Crippen molar-refractivity contribution < 1.29 is 9.21 Å². The van der Waals surface area contributed by atoms with E-state index < -0.39 is 0 Å². The number of aryl methyl sites for hydroxylation is 2. The number of nitrogens with zero attached hydrogens (tertiary/aromatic N) is 4. The molecule has 1 fully saturated rings. The molecule has 7 heteroatoms. The zero-order valence-electron chi connectivity index (χ0n) is 13.9. The molecule has 3 heterocycles. The Morgan fingerprint density at radius 3 is 2.74 bits per heavy atom. The van der Waals surface area contributed by atoms with E-state index in [0.29, 0.717) is 17.4 Å². The highest BCUT2D eigenvalue weighted by Gasteiger charge is 2.27. The highest BCUT2D eigenvalue weighted by atomic mass is 16.3. The third kappa shape index (κ3) is 3.29. The van der Waals surface area contributed by atoms with E-state index in [-0.39, 0.29) is 5.91 Å². The molecule has 0 bridgehead atoms. The SMILES string of the molecule is CNCc1cn(C2CCN(C(=O)c3cc(C)oc3C)CC2)nn1. The van der Waals surface area contributed by atoms with Gasteiger partial charge in [-0.3, -0.25) is 4.79 Å². The van der Waals surface area contributed by atoms with Crippen molar-refractivity contribution in [2.24, 2.45) is 0 Å². The first-order chi connectivity index (χ1) is 11.1. The number of furan rings is 1. The Kier molecular flexibility index (Phi) is 4.47. The van der Waals surface area contributed by atoms with Gasteiger partial charge in [-0.15, -0.1) is 5.10 Å². The molecule has 1 N–H and O–H groups in total. The monoisotopic (exact) mass is 317 g/mol. The average molecular weight is 317 g/mol. The summed E-state index contributed by atoms with van der Waals surface area (Å²) in [7, 11) is 1.89. The van der Waals surface area contributed by atoms with Crippen LogP contribution in [0.5, 0.6) is 0 Å². The van der Waals surface area contributed by atoms with Gasteiger partial charge in [-0.05, 0) is 39.8 Å². The summed E-state index contributed by atoms with van der Waals surface area (Å²) in [5.74, 6) is 1.54. The fraction of sp³-hybridized carbons (Fsp3) is 0.562. The normalized spacial score (nSPS) is 16.0. The summed E-state index contributed by atoms with van der Waals surface area (Å²) in [6.45, 7) is 5.88. The summed E-state index contributed by atoms with van der Waals surface area (Å²) < 4.78 is 7.40. The molecule has 0 aliphatic carbocycles. The minimum absolute atomic E-state index is 0.0623. The molecule has 3 rings (SSSR count). The predicted molar refractivity (Wildman–Crippen MR) is 85.1 cm³/mol. The molecule has 0 spiro atoms. The van der Waals surface area contributed by atoms with Gasteiger partial charge in [0.2, 0.25) is 0 Å². The number of piperidine rings is 1. The van der Waals surface area contributed by atoms with E-state index in [0.717, 1.165) is 43.9 Å². The molecular weight excluding hydrogens is 294 g/mol. The van der Waals surface area contributed by atoms with Crippen LogP contribution in [0.15, 0.2) is 16.7 Å². The van der Waals surface area contributed by atoms with Gasteiger partial charge >= 0.3 is 0 Å². The first-order valence-electron chi connectivity index (χ1n) is 8.00. The first-order valence-corrected chi connectivity index (χ1v) is 8.00. The number of hydrogen-bond donors (Lipinski definition) is 1. The molecule has 7 nitrogen and oxygen atoms in total. The third-order valence-electron chi connectivity index (χ3n) is 4.31. The van der Waals surface area contributed by atoms with Gasteiger partial charge in [0.25, 0.3) is 5.91 Å². The van der Waals surface area contributed by atoms with Crippen LogP contribution in [-0.4, -0.2) is 45.9 Å². The number of amides is 1. The maximum atomic E-state index is 12.6. The Labute approximate surface area is 135 Å². The number of hydrogen-bond acceptors (Lipinski definition) is 5. The number of aromatic nitrogens is 3. The third-order valence-corrected chi connectivity index (χ3v) is 4.31. The van der Waals surface area contributed by atoms with Crippen molar-refractivity contribution in [3.05, 3.63) is 35.0 Å². The fourth-order valence-corrected chi connectivity index (χ4v) is 3.10. The van der Waals surface area contributed by atoms with E-state index in [9.17, 15) is 4.79 Å². The van der Waals surface area contributed by atoms with E-state index >= 15 is 0 Å². The van der Waals surface area contributed by atoms with Gasteiger partial charge in [-0.2, -0.15) is 0 Å². The smallest absolute Gasteiger partial charge is 0.257 e. The van der Waals surface area contributed by atoms with Gasteiger partial charge in [0, 0.05) is 19.6 Å². The van der Waals surface area contributed by atoms with Crippen molar-refractivity contribution >= 4 is 5.91 Å². The van der Waals surface area contributed by atoms with E-state index in [1.54, 1.807) is 0 Å². The van der Waals surface area contributed by atoms with Gasteiger partial charge in [-0.1, -0.05) is 5.21 Å². The topological polar surface area (TPSA) is 76.2 Å². The summed E-state index contributed by atoms with van der Waals surface area (Å²) in [6.07, 6.45) is 3.77. The molecule has 2 aromatic heterocycles. The van der Waals surface area contributed by atoms with E-state index in [2.05, 4.69) is 15.6 Å². The number of nitrogens with one attached hydrogen (secondary N) is 1. The van der Waals surface area contributed by atoms with Gasteiger partial charge in [-0.25, -0.2) is 4.68 Å². The fourth-order valence-electron chi connectivity index (χ4n) is 3.10. The molecule has 0 atom stereocenters. The zero-order chi connectivity index (χ0) is 16.4. The second kappa shape index (κ2) is 6.54. The van der Waals surface area contributed by atoms with Crippen LogP contribution < -0.4 is 5.32 Å². The van der Waals surface area contributed by atoms with E-state index in [4.69, 9.17) is 4.42 Å². The number of likely N-dealkylation sites (tertiary alicyclic amines) is 1. The second-order valence-corrected chi connectivity index (χ2v) is 6.07. The minimum atomic E-state index is 0.0623. The Hall–Kier alpha value is -2.15. The summed E-state index contributed by atoms with van der Waals surface area (Å²) in [5, 5.41) is 11.4. The number of carbonyl (C=O) groups is 1. The van der Waals surface area contributed by atoms with Gasteiger partial charge in [0.15, 0.2) is 0 Å². The van der Waals surface area contributed by atoms with Crippen molar-refractivity contribution in [1.82, 2.24) is 25.2 Å². The van der Waals surface area contributed by atoms with Crippen LogP contribution in [0.4, 0.5) is 0 Å². The first kappa shape index (κ1) is 15.7. The molecule has 0 radical (unpaired) electrons. The molecule has 0 saturated carbocycles. The van der Waals surface area contributed by atoms with E-state index in [1.165, 1.54) is 0 Å². The summed E-state index contributed by atoms with van der Waals surface area (Å²) >= 11 is 0. The van der Waals surface area contributed by atoms with Crippen LogP contribution >= 0.6 is 0 Å². The second-order valence-electron chi connectivity index (χ2n) is 6.07. The number of carbonyl (C=O) groups excluding carboxylic acids is 1. The number of rotatable bonds is 4. The lowest BCUT2D eigenvalue weighted by molar-refractivity contribution is 0.0687. The highest BCUT2D eigenvalue weighted by Crippen LogP contribution is 2.24. The van der Waals surface area contributed by atoms with Crippen molar-refractivity contribution in [1.29, 1.82) is 0 Å². The lowest BCUT2D eigenvalue weighted by atomic mass is 10.0. The molecule has 1 amide bonds. The standard InChI is InChI=1S/C16H23N5O2/c1-11-8-15(12(2)23-11)16(22)20-6-4-14(5-7-20)21-10-13(9-17-3)18-19-21/h8,10,14,17H,4-7,9H2,1-3H3. The average Bonchev–Trinajstić information content (AvgIpc) is 3.14. The molecule has 0 unspecified atom stereocenters. The molecule has 2 aromatic rings. The Morgan fingerprint density at radius 1 is 1.39 bits per heavy atom. The zero-order valence-corrected chi connectivity index (χ0v) is 13.9. The summed E-state index contributed by atoms with van der Waals surface area (Å²) in [4.78, 5) is 14.5. The van der Waals surface area contributed by atoms with Gasteiger partial charge < -0.3 is 14.6 Å². The van der Waals surface area contributed by atoms with Crippen LogP contribution in [-0.2, 0) is 6.54 Å². The van der Waals surface area contributed by atoms with Crippen LogP contribution in [0.25, 0.3) is 0 Å². The van der Waals surface area contributed by atoms with Gasteiger partial charge in [0.1, 0.15) is 11.5 Å². The van der Waals surface area contributed by atoms with Crippen LogP contribution in [0.1, 0.15) is 46.5 Å². The van der Waals surface area contributed by atoms with Crippen molar-refractivity contribution in [2.75, 3.05) is 20.1 Å².